The Morgan fingerprint density at radius 3 is 1.44 bits per heavy atom. The lowest BCUT2D eigenvalue weighted by atomic mass is 9.90. The van der Waals surface area contributed by atoms with E-state index in [0.29, 0.717) is 47.3 Å². The average molecular weight is 1560 g/mol. The topological polar surface area (TPSA) is 444 Å². The zero-order chi connectivity index (χ0) is 81.6. The number of amides is 9. The van der Waals surface area contributed by atoms with E-state index in [2.05, 4.69) is 31.9 Å². The lowest BCUT2D eigenvalue weighted by Crippen LogP contribution is -2.49. The van der Waals surface area contributed by atoms with Gasteiger partial charge < -0.3 is 79.6 Å². The molecule has 3 aromatic heterocycles. The highest BCUT2D eigenvalue weighted by Crippen LogP contribution is 2.39. The van der Waals surface area contributed by atoms with E-state index in [-0.39, 0.29) is 139 Å². The van der Waals surface area contributed by atoms with E-state index in [4.69, 9.17) is 32.4 Å². The first-order valence-corrected chi connectivity index (χ1v) is 36.8. The number of aromatic carboxylic acids is 1. The van der Waals surface area contributed by atoms with E-state index in [1.807, 2.05) is 44.2 Å². The molecule has 0 bridgehead atoms. The minimum atomic E-state index is -1.56. The number of nitrogens with one attached hydrogen (secondary N) is 6. The van der Waals surface area contributed by atoms with Gasteiger partial charge in [0.05, 0.1) is 85.8 Å². The highest BCUT2D eigenvalue weighted by molar-refractivity contribution is 5.98. The molecule has 0 aliphatic heterocycles. The summed E-state index contributed by atoms with van der Waals surface area (Å²) in [7, 11) is 0. The zero-order valence-corrected chi connectivity index (χ0v) is 63.1. The van der Waals surface area contributed by atoms with Gasteiger partial charge in [0.2, 0.25) is 37.0 Å². The minimum Gasteiger partial charge on any atom is -0.508 e. The summed E-state index contributed by atoms with van der Waals surface area (Å²) in [5.41, 5.74) is -0.497. The Balaban J connectivity index is 0.961. The van der Waals surface area contributed by atoms with Gasteiger partial charge in [0.25, 0.3) is 17.7 Å². The number of hydrogen-bond donors (Lipinski definition) is 10. The van der Waals surface area contributed by atoms with Gasteiger partial charge in [-0.25, -0.2) is 23.8 Å². The van der Waals surface area contributed by atoms with Crippen LogP contribution < -0.4 is 41.4 Å². The molecule has 0 fully saturated rings. The highest BCUT2D eigenvalue weighted by atomic mass is 19.1. The molecule has 0 radical (unpaired) electrons. The molecule has 0 spiro atoms. The molecule has 32 nitrogen and oxygen atoms in total. The molecule has 0 aliphatic carbocycles. The van der Waals surface area contributed by atoms with Crippen molar-refractivity contribution in [3.05, 3.63) is 155 Å². The predicted molar refractivity (Wildman–Crippen MR) is 399 cm³/mol. The molecule has 6 atom stereocenters. The number of phenolic OH excluding ortho intramolecular Hbond substituents is 2. The number of carboxylic acids is 1. The maximum atomic E-state index is 14.8. The summed E-state index contributed by atoms with van der Waals surface area (Å²) in [5.74, 6) is -14.6. The number of hydrogen-bond acceptors (Lipinski definition) is 22. The third-order valence-corrected chi connectivity index (χ3v) is 18.4. The second-order valence-electron chi connectivity index (χ2n) is 25.7. The Morgan fingerprint density at radius 2 is 0.973 bits per heavy atom. The van der Waals surface area contributed by atoms with E-state index in [0.717, 1.165) is 36.6 Å². The standard InChI is InChI=1S/C79H94FN9O23/c1-8-15-18-24-53(71(95)81-41-85-75(99)66-32-29-63(109-66)49-37-57(77(101)102)69(80)68(38-49)107-14-7)60(11-4)88(45-91)111-78(103)50-34-48(35-51(93)36-50)62-28-31-65(108-62)74(98)84-42-82-72(96)54(25-19-16-9-2)61(12-5)89(46-92)112-79(104)58-40-52(106-13-6)39-56(70(58)94)64-30-33-67(110-64)76(100)86-43-83-73(97)55(59(10-3)87(105)44-90)27-26-47-22-20-17-21-23-47/h17,20-23,28-40,44-46,53-55,59-61,93-94,105H,8-16,18-19,24-27,41-43H2,1-7H3,(H,81,95)(H,82,96)(H,83,97)(H,84,98)(H,85,99)(H,86,100)(H,101,102)/t53-,54-,55-,59-,60-,61-/m1/s1. The number of halogens is 1. The van der Waals surface area contributed by atoms with Gasteiger partial charge in [-0.15, -0.1) is 0 Å². The Bertz CT molecular complexity index is 4410. The van der Waals surface area contributed by atoms with Crippen LogP contribution >= 0.6 is 0 Å². The first-order chi connectivity index (χ1) is 53.9. The summed E-state index contributed by atoms with van der Waals surface area (Å²) in [4.78, 5) is 170. The van der Waals surface area contributed by atoms with Crippen LogP contribution in [0.15, 0.2) is 122 Å². The normalized spacial score (nSPS) is 12.6. The fourth-order valence-corrected chi connectivity index (χ4v) is 12.7. The Morgan fingerprint density at radius 1 is 0.500 bits per heavy atom. The number of ether oxygens (including phenoxy) is 2. The second-order valence-corrected chi connectivity index (χ2v) is 25.7. The average Bonchev–Trinajstić information content (AvgIpc) is 1.15. The molecule has 0 aliphatic rings. The van der Waals surface area contributed by atoms with E-state index in [1.54, 1.807) is 34.6 Å². The molecule has 3 heterocycles. The number of benzene rings is 4. The molecule has 112 heavy (non-hydrogen) atoms. The van der Waals surface area contributed by atoms with Crippen molar-refractivity contribution in [2.45, 2.75) is 150 Å². The fourth-order valence-electron chi connectivity index (χ4n) is 12.7. The molecule has 0 saturated carbocycles. The number of carbonyl (C=O) groups is 12. The van der Waals surface area contributed by atoms with Crippen LogP contribution in [-0.4, -0.2) is 160 Å². The van der Waals surface area contributed by atoms with Gasteiger partial charge in [-0.3, -0.25) is 48.4 Å². The predicted octanol–water partition coefficient (Wildman–Crippen LogP) is 10.2. The van der Waals surface area contributed by atoms with Crippen molar-refractivity contribution in [1.29, 1.82) is 0 Å². The number of carbonyl (C=O) groups excluding carboxylic acids is 11. The monoisotopic (exact) mass is 1560 g/mol. The van der Waals surface area contributed by atoms with Crippen LogP contribution in [0.3, 0.4) is 0 Å². The van der Waals surface area contributed by atoms with Crippen molar-refractivity contribution >= 4 is 72.6 Å². The molecule has 33 heteroatoms. The SMILES string of the molecule is CCCCC[C@@H](C(=O)NCNC(=O)c1ccc(-c2cc(OCC)c(F)c(C(=O)O)c2)o1)[C@@H](CC)N(C=O)OC(=O)c1cc(O)cc(-c2ccc(C(=O)NCNC(=O)[C@H](CCCCC)[C@@H](CC)N(C=O)OC(=O)c3cc(OCC)cc(-c4ccc(C(=O)NCNC(=O)[C@H](CCc5ccccc5)[C@@H](CC)N(O)C=O)o4)c3O)o2)c1. The van der Waals surface area contributed by atoms with E-state index < -0.39 is 138 Å². The quantitative estimate of drug-likeness (QED) is 0.00557. The first kappa shape index (κ1) is 86.7. The van der Waals surface area contributed by atoms with Gasteiger partial charge in [-0.1, -0.05) is 103 Å². The van der Waals surface area contributed by atoms with E-state index >= 15 is 0 Å². The Labute approximate surface area is 644 Å². The summed E-state index contributed by atoms with van der Waals surface area (Å²) in [6.07, 6.45) is 6.01. The summed E-state index contributed by atoms with van der Waals surface area (Å²) in [6.45, 7) is 11.0. The molecular formula is C79H94FN9O23. The van der Waals surface area contributed by atoms with E-state index in [1.165, 1.54) is 60.7 Å². The molecule has 0 saturated heterocycles. The smallest absolute Gasteiger partial charge is 0.367 e. The van der Waals surface area contributed by atoms with Gasteiger partial charge in [-0.2, -0.15) is 10.1 Å². The lowest BCUT2D eigenvalue weighted by molar-refractivity contribution is -0.171. The molecule has 4 aromatic carbocycles. The molecule has 7 rings (SSSR count). The summed E-state index contributed by atoms with van der Waals surface area (Å²) >= 11 is 0. The number of rotatable bonds is 47. The number of phenols is 2. The maximum Gasteiger partial charge on any atom is 0.367 e. The van der Waals surface area contributed by atoms with Gasteiger partial charge in [-0.05, 0) is 143 Å². The number of furan rings is 3. The summed E-state index contributed by atoms with van der Waals surface area (Å²) in [6, 6.07) is 22.4. The summed E-state index contributed by atoms with van der Waals surface area (Å²) in [5, 5.41) is 59.8. The van der Waals surface area contributed by atoms with Crippen molar-refractivity contribution in [2.75, 3.05) is 33.2 Å². The fraction of sp³-hybridized carbons (Fsp3) is 0.392. The van der Waals surface area contributed by atoms with Crippen LogP contribution in [0.25, 0.3) is 34.0 Å². The third-order valence-electron chi connectivity index (χ3n) is 18.4. The van der Waals surface area contributed by atoms with Crippen LogP contribution in [0.4, 0.5) is 4.39 Å². The minimum absolute atomic E-state index is 0.0154. The maximum absolute atomic E-state index is 14.8. The Hall–Kier alpha value is -12.6. The van der Waals surface area contributed by atoms with Crippen LogP contribution in [0.5, 0.6) is 23.0 Å². The molecular weight excluding hydrogens is 1460 g/mol. The van der Waals surface area contributed by atoms with Crippen molar-refractivity contribution < 1.29 is 115 Å². The van der Waals surface area contributed by atoms with Gasteiger partial charge in [0.15, 0.2) is 28.8 Å². The van der Waals surface area contributed by atoms with Crippen molar-refractivity contribution in [3.8, 4) is 57.0 Å². The Kier molecular flexibility index (Phi) is 33.3. The van der Waals surface area contributed by atoms with Gasteiger partial charge >= 0.3 is 17.9 Å². The van der Waals surface area contributed by atoms with Crippen molar-refractivity contribution in [1.82, 2.24) is 47.1 Å². The number of nitrogens with zero attached hydrogens (tertiary/aromatic N) is 3. The van der Waals surface area contributed by atoms with Crippen molar-refractivity contribution in [2.24, 2.45) is 17.8 Å². The number of aryl methyl sites for hydroxylation is 1. The summed E-state index contributed by atoms with van der Waals surface area (Å²) < 4.78 is 43.1. The van der Waals surface area contributed by atoms with Crippen LogP contribution in [0, 0.1) is 23.6 Å². The zero-order valence-electron chi connectivity index (χ0n) is 63.1. The number of aromatic hydroxyl groups is 2. The second kappa shape index (κ2) is 43.0. The van der Waals surface area contributed by atoms with Crippen LogP contribution in [0.1, 0.15) is 194 Å². The number of hydroxylamine groups is 6. The molecule has 0 unspecified atom stereocenters. The number of carboxylic acid groups (broad SMARTS) is 1. The van der Waals surface area contributed by atoms with Crippen molar-refractivity contribution in [3.63, 3.8) is 0 Å². The third kappa shape index (κ3) is 23.3. The molecule has 600 valence electrons. The highest BCUT2D eigenvalue weighted by Gasteiger charge is 2.38. The van der Waals surface area contributed by atoms with Gasteiger partial charge in [0, 0.05) is 11.1 Å². The first-order valence-electron chi connectivity index (χ1n) is 36.8. The van der Waals surface area contributed by atoms with Gasteiger partial charge in [0.1, 0.15) is 40.1 Å². The molecule has 9 amide bonds. The molecule has 7 aromatic rings. The van der Waals surface area contributed by atoms with Crippen LogP contribution in [0.2, 0.25) is 0 Å². The van der Waals surface area contributed by atoms with Crippen LogP contribution in [-0.2, 0) is 44.9 Å². The lowest BCUT2D eigenvalue weighted by Gasteiger charge is -2.32. The largest absolute Gasteiger partial charge is 0.508 e. The van der Waals surface area contributed by atoms with E-state index in [9.17, 15) is 82.5 Å². The number of unbranched alkanes of at least 4 members (excludes halogenated alkanes) is 4. The molecule has 10 N–H and O–H groups in total.